The molecule has 0 aliphatic rings. The number of nitrogens with two attached hydrogens (primary N) is 1. The number of sulfonamides is 1. The Balaban J connectivity index is 2.02. The van der Waals surface area contributed by atoms with Gasteiger partial charge in [-0.05, 0) is 29.8 Å². The average molecular weight is 298 g/mol. The summed E-state index contributed by atoms with van der Waals surface area (Å²) in [6.07, 6.45) is 1.55. The van der Waals surface area contributed by atoms with Gasteiger partial charge in [-0.2, -0.15) is 0 Å². The number of benzene rings is 1. The highest BCUT2D eigenvalue weighted by molar-refractivity contribution is 7.89. The van der Waals surface area contributed by atoms with Crippen molar-refractivity contribution in [2.45, 2.75) is 11.4 Å². The normalized spacial score (nSPS) is 11.3. The molecule has 0 radical (unpaired) electrons. The van der Waals surface area contributed by atoms with Gasteiger partial charge in [0, 0.05) is 12.7 Å². The van der Waals surface area contributed by atoms with E-state index < -0.39 is 10.0 Å². The third-order valence-electron chi connectivity index (χ3n) is 2.45. The van der Waals surface area contributed by atoms with Crippen LogP contribution in [0.5, 0.6) is 0 Å². The lowest BCUT2D eigenvalue weighted by Gasteiger charge is -2.06. The van der Waals surface area contributed by atoms with Gasteiger partial charge in [-0.15, -0.1) is 0 Å². The maximum atomic E-state index is 11.1. The van der Waals surface area contributed by atoms with Gasteiger partial charge in [-0.25, -0.2) is 18.5 Å². The summed E-state index contributed by atoms with van der Waals surface area (Å²) in [6.45, 7) is 0.527. The summed E-state index contributed by atoms with van der Waals surface area (Å²) >= 11 is 5.73. The van der Waals surface area contributed by atoms with Gasteiger partial charge in [0.2, 0.25) is 10.0 Å². The fourth-order valence-electron chi connectivity index (χ4n) is 1.47. The van der Waals surface area contributed by atoms with Gasteiger partial charge in [0.15, 0.2) is 0 Å². The third kappa shape index (κ3) is 3.92. The first-order valence-corrected chi connectivity index (χ1v) is 7.35. The van der Waals surface area contributed by atoms with Crippen LogP contribution in [-0.2, 0) is 16.6 Å². The number of hydrogen-bond donors (Lipinski definition) is 2. The van der Waals surface area contributed by atoms with Crippen LogP contribution in [0.2, 0.25) is 5.02 Å². The highest BCUT2D eigenvalue weighted by Crippen LogP contribution is 2.12. The van der Waals surface area contributed by atoms with Crippen LogP contribution in [0.25, 0.3) is 0 Å². The van der Waals surface area contributed by atoms with Crippen molar-refractivity contribution in [2.75, 3.05) is 5.32 Å². The lowest BCUT2D eigenvalue weighted by molar-refractivity contribution is 0.598. The van der Waals surface area contributed by atoms with Crippen molar-refractivity contribution in [2.24, 2.45) is 5.14 Å². The minimum atomic E-state index is -3.64. The number of nitrogens with zero attached hydrogens (tertiary/aromatic N) is 1. The summed E-state index contributed by atoms with van der Waals surface area (Å²) in [5.74, 6) is 0.694. The van der Waals surface area contributed by atoms with E-state index in [9.17, 15) is 8.42 Å². The molecular formula is C12H12ClN3O2S. The van der Waals surface area contributed by atoms with Gasteiger partial charge < -0.3 is 5.32 Å². The summed E-state index contributed by atoms with van der Waals surface area (Å²) in [5.41, 5.74) is 0.921. The number of rotatable bonds is 4. The first-order chi connectivity index (χ1) is 8.95. The van der Waals surface area contributed by atoms with Crippen LogP contribution in [0, 0.1) is 0 Å². The molecule has 100 valence electrons. The van der Waals surface area contributed by atoms with E-state index in [1.165, 1.54) is 12.1 Å². The lowest BCUT2D eigenvalue weighted by atomic mass is 10.2. The number of anilines is 1. The van der Waals surface area contributed by atoms with Crippen LogP contribution < -0.4 is 10.5 Å². The Hall–Kier alpha value is -1.63. The van der Waals surface area contributed by atoms with Crippen LogP contribution in [0.4, 0.5) is 5.82 Å². The molecule has 0 saturated carbocycles. The Bertz CT molecular complexity index is 654. The number of primary sulfonamides is 1. The molecule has 0 atom stereocenters. The first kappa shape index (κ1) is 13.8. The largest absolute Gasteiger partial charge is 0.366 e. The number of halogens is 1. The van der Waals surface area contributed by atoms with Gasteiger partial charge >= 0.3 is 0 Å². The molecule has 1 heterocycles. The predicted molar refractivity (Wildman–Crippen MR) is 74.4 cm³/mol. The Morgan fingerprint density at radius 2 is 1.84 bits per heavy atom. The molecule has 19 heavy (non-hydrogen) atoms. The van der Waals surface area contributed by atoms with Gasteiger partial charge in [-0.3, -0.25) is 0 Å². The molecule has 0 amide bonds. The second kappa shape index (κ2) is 5.56. The van der Waals surface area contributed by atoms with Crippen molar-refractivity contribution in [1.29, 1.82) is 0 Å². The zero-order valence-corrected chi connectivity index (χ0v) is 11.4. The summed E-state index contributed by atoms with van der Waals surface area (Å²) in [7, 11) is -3.64. The summed E-state index contributed by atoms with van der Waals surface area (Å²) in [5, 5.41) is 8.69. The molecule has 0 unspecified atom stereocenters. The van der Waals surface area contributed by atoms with E-state index in [1.54, 1.807) is 30.5 Å². The van der Waals surface area contributed by atoms with Crippen molar-refractivity contribution >= 4 is 27.4 Å². The second-order valence-corrected chi connectivity index (χ2v) is 5.90. The minimum Gasteiger partial charge on any atom is -0.366 e. The zero-order chi connectivity index (χ0) is 13.9. The number of nitrogens with one attached hydrogen (secondary N) is 1. The Morgan fingerprint density at radius 1 is 1.16 bits per heavy atom. The monoisotopic (exact) mass is 297 g/mol. The van der Waals surface area contributed by atoms with Gasteiger partial charge in [0.1, 0.15) is 5.82 Å². The van der Waals surface area contributed by atoms with E-state index in [0.29, 0.717) is 17.4 Å². The maximum Gasteiger partial charge on any atom is 0.238 e. The van der Waals surface area contributed by atoms with Crippen LogP contribution in [0.3, 0.4) is 0 Å². The van der Waals surface area contributed by atoms with Crippen molar-refractivity contribution in [3.63, 3.8) is 0 Å². The van der Waals surface area contributed by atoms with Crippen molar-refractivity contribution in [3.8, 4) is 0 Å². The van der Waals surface area contributed by atoms with Crippen molar-refractivity contribution in [1.82, 2.24) is 4.98 Å². The van der Waals surface area contributed by atoms with Crippen molar-refractivity contribution < 1.29 is 8.42 Å². The van der Waals surface area contributed by atoms with Crippen molar-refractivity contribution in [3.05, 3.63) is 53.2 Å². The number of pyridine rings is 1. The Kier molecular flexibility index (Phi) is 4.04. The van der Waals surface area contributed by atoms with E-state index in [0.717, 1.165) is 5.56 Å². The second-order valence-electron chi connectivity index (χ2n) is 3.90. The minimum absolute atomic E-state index is 0.0980. The molecule has 0 bridgehead atoms. The first-order valence-electron chi connectivity index (χ1n) is 5.42. The zero-order valence-electron chi connectivity index (χ0n) is 9.88. The number of hydrogen-bond acceptors (Lipinski definition) is 4. The molecule has 2 aromatic rings. The average Bonchev–Trinajstić information content (AvgIpc) is 2.37. The molecule has 3 N–H and O–H groups in total. The van der Waals surface area contributed by atoms with E-state index in [1.807, 2.05) is 0 Å². The smallest absolute Gasteiger partial charge is 0.238 e. The molecule has 0 spiro atoms. The fraction of sp³-hybridized carbons (Fsp3) is 0.0833. The standard InChI is InChI=1S/C12H12ClN3O2S/c13-10-3-6-12(16-8-10)15-7-9-1-4-11(5-2-9)19(14,17)18/h1-6,8H,7H2,(H,15,16)(H2,14,17,18). The summed E-state index contributed by atoms with van der Waals surface area (Å²) < 4.78 is 22.2. The molecular weight excluding hydrogens is 286 g/mol. The summed E-state index contributed by atoms with van der Waals surface area (Å²) in [6, 6.07) is 9.84. The highest BCUT2D eigenvalue weighted by atomic mass is 35.5. The fourth-order valence-corrected chi connectivity index (χ4v) is 2.10. The van der Waals surface area contributed by atoms with Gasteiger partial charge in [-0.1, -0.05) is 23.7 Å². The summed E-state index contributed by atoms with van der Waals surface area (Å²) in [4.78, 5) is 4.19. The molecule has 1 aromatic heterocycles. The molecule has 0 saturated heterocycles. The third-order valence-corrected chi connectivity index (χ3v) is 3.61. The maximum absolute atomic E-state index is 11.1. The predicted octanol–water partition coefficient (Wildman–Crippen LogP) is 1.99. The molecule has 2 rings (SSSR count). The molecule has 5 nitrogen and oxygen atoms in total. The molecule has 0 fully saturated rings. The van der Waals surface area contributed by atoms with E-state index in [4.69, 9.17) is 16.7 Å². The molecule has 0 aliphatic heterocycles. The van der Waals surface area contributed by atoms with E-state index in [2.05, 4.69) is 10.3 Å². The van der Waals surface area contributed by atoms with E-state index >= 15 is 0 Å². The SMILES string of the molecule is NS(=O)(=O)c1ccc(CNc2ccc(Cl)cn2)cc1. The molecule has 1 aromatic carbocycles. The van der Waals surface area contributed by atoms with E-state index in [-0.39, 0.29) is 4.90 Å². The molecule has 7 heteroatoms. The topological polar surface area (TPSA) is 85.1 Å². The molecule has 0 aliphatic carbocycles. The Labute approximate surface area is 116 Å². The van der Waals surface area contributed by atoms with Crippen LogP contribution in [0.1, 0.15) is 5.56 Å². The lowest BCUT2D eigenvalue weighted by Crippen LogP contribution is -2.12. The van der Waals surface area contributed by atoms with Gasteiger partial charge in [0.05, 0.1) is 9.92 Å². The van der Waals surface area contributed by atoms with Gasteiger partial charge in [0.25, 0.3) is 0 Å². The van der Waals surface area contributed by atoms with Crippen LogP contribution in [0.15, 0.2) is 47.5 Å². The Morgan fingerprint density at radius 3 is 2.37 bits per heavy atom. The quantitative estimate of drug-likeness (QED) is 0.904. The highest BCUT2D eigenvalue weighted by Gasteiger charge is 2.06. The number of aromatic nitrogens is 1. The van der Waals surface area contributed by atoms with Crippen LogP contribution in [-0.4, -0.2) is 13.4 Å². The van der Waals surface area contributed by atoms with Crippen LogP contribution >= 0.6 is 11.6 Å².